The number of fused-ring (bicyclic) bond motifs is 1. The third kappa shape index (κ3) is 3.96. The van der Waals surface area contributed by atoms with Crippen LogP contribution in [0.4, 0.5) is 11.4 Å². The summed E-state index contributed by atoms with van der Waals surface area (Å²) in [6.07, 6.45) is 0.373. The van der Waals surface area contributed by atoms with Gasteiger partial charge in [0.15, 0.2) is 5.41 Å². The molecule has 42 heavy (non-hydrogen) atoms. The molecule has 7 rings (SSSR count). The van der Waals surface area contributed by atoms with Gasteiger partial charge in [0.2, 0.25) is 0 Å². The number of benzene rings is 5. The largest absolute Gasteiger partial charge is 0.468 e. The number of rotatable bonds is 5. The van der Waals surface area contributed by atoms with Gasteiger partial charge in [-0.3, -0.25) is 9.59 Å². The van der Waals surface area contributed by atoms with Crippen molar-refractivity contribution in [2.45, 2.75) is 12.8 Å². The molecule has 5 aromatic rings. The number of esters is 2. The van der Waals surface area contributed by atoms with Crippen LogP contribution in [0.5, 0.6) is 0 Å². The summed E-state index contributed by atoms with van der Waals surface area (Å²) in [6.45, 7) is -0.278. The van der Waals surface area contributed by atoms with E-state index in [-0.39, 0.29) is 19.8 Å². The van der Waals surface area contributed by atoms with Crippen LogP contribution >= 0.6 is 0 Å². The van der Waals surface area contributed by atoms with Gasteiger partial charge in [0.25, 0.3) is 0 Å². The quantitative estimate of drug-likeness (QED) is 0.162. The molecule has 5 aromatic carbocycles. The van der Waals surface area contributed by atoms with Crippen LogP contribution in [-0.2, 0) is 31.9 Å². The summed E-state index contributed by atoms with van der Waals surface area (Å²) >= 11 is 0. The Bertz CT molecular complexity index is 1800. The first-order valence-corrected chi connectivity index (χ1v) is 14.0. The van der Waals surface area contributed by atoms with Crippen molar-refractivity contribution in [2.75, 3.05) is 24.7 Å². The number of hydrogen-bond donors (Lipinski definition) is 2. The molecule has 1 aliphatic carbocycles. The zero-order chi connectivity index (χ0) is 28.8. The van der Waals surface area contributed by atoms with Crippen molar-refractivity contribution in [2.24, 2.45) is 5.41 Å². The Hall–Kier alpha value is -5.04. The Labute approximate surface area is 244 Å². The van der Waals surface area contributed by atoms with E-state index >= 15 is 0 Å². The van der Waals surface area contributed by atoms with Crippen LogP contribution in [0, 0.1) is 5.41 Å². The molecule has 0 spiro atoms. The van der Waals surface area contributed by atoms with Gasteiger partial charge in [-0.1, -0.05) is 91.0 Å². The molecule has 0 saturated carbocycles. The minimum Gasteiger partial charge on any atom is -0.468 e. The Morgan fingerprint density at radius 3 is 1.81 bits per heavy atom. The lowest BCUT2D eigenvalue weighted by molar-refractivity contribution is -0.168. The lowest BCUT2D eigenvalue weighted by atomic mass is 9.61. The molecule has 0 bridgehead atoms. The summed E-state index contributed by atoms with van der Waals surface area (Å²) < 4.78 is 10.5. The van der Waals surface area contributed by atoms with Crippen molar-refractivity contribution in [3.05, 3.63) is 114 Å². The summed E-state index contributed by atoms with van der Waals surface area (Å²) in [7, 11) is 2.65. The third-order valence-corrected chi connectivity index (χ3v) is 8.65. The van der Waals surface area contributed by atoms with E-state index in [4.69, 9.17) is 9.47 Å². The summed E-state index contributed by atoms with van der Waals surface area (Å²) in [4.78, 5) is 26.8. The van der Waals surface area contributed by atoms with Gasteiger partial charge in [0.1, 0.15) is 0 Å². The van der Waals surface area contributed by atoms with Crippen LogP contribution in [0.15, 0.2) is 103 Å². The maximum absolute atomic E-state index is 13.4. The predicted octanol–water partition coefficient (Wildman–Crippen LogP) is 5.84. The number of hydrogen-bond acceptors (Lipinski definition) is 6. The van der Waals surface area contributed by atoms with Crippen LogP contribution in [-0.4, -0.2) is 33.1 Å². The minimum absolute atomic E-state index is 0.179. The van der Waals surface area contributed by atoms with Crippen molar-refractivity contribution in [3.63, 3.8) is 0 Å². The molecule has 0 atom stereocenters. The molecule has 6 nitrogen and oxygen atoms in total. The fraction of sp³-hybridized carbons (Fsp3) is 0.143. The van der Waals surface area contributed by atoms with E-state index < -0.39 is 17.4 Å². The van der Waals surface area contributed by atoms with Crippen molar-refractivity contribution in [3.8, 4) is 22.3 Å². The van der Waals surface area contributed by atoms with E-state index in [1.807, 2.05) is 36.4 Å². The van der Waals surface area contributed by atoms with Crippen molar-refractivity contribution < 1.29 is 19.1 Å². The van der Waals surface area contributed by atoms with Gasteiger partial charge in [0, 0.05) is 29.6 Å². The van der Waals surface area contributed by atoms with E-state index in [1.54, 1.807) is 0 Å². The Kier molecular flexibility index (Phi) is 6.23. The smallest absolute Gasteiger partial charge is 0.406 e. The molecule has 206 valence electrons. The molecule has 2 aliphatic rings. The summed E-state index contributed by atoms with van der Waals surface area (Å²) in [5, 5.41) is 9.81. The van der Waals surface area contributed by atoms with Gasteiger partial charge >= 0.3 is 18.9 Å². The van der Waals surface area contributed by atoms with E-state index in [0.717, 1.165) is 61.0 Å². The van der Waals surface area contributed by atoms with E-state index in [0.29, 0.717) is 0 Å². The van der Waals surface area contributed by atoms with E-state index in [2.05, 4.69) is 77.2 Å². The summed E-state index contributed by atoms with van der Waals surface area (Å²) in [5.74, 6) is -1.17. The highest BCUT2D eigenvalue weighted by Crippen LogP contribution is 2.47. The van der Waals surface area contributed by atoms with Crippen LogP contribution in [0.1, 0.15) is 11.1 Å². The lowest BCUT2D eigenvalue weighted by Crippen LogP contribution is -2.49. The number of carbonyl (C=O) groups excluding carboxylic acids is 2. The molecule has 0 aromatic heterocycles. The monoisotopic (exact) mass is 552 g/mol. The minimum atomic E-state index is -1.47. The second kappa shape index (κ2) is 10.1. The molecule has 2 N–H and O–H groups in total. The van der Waals surface area contributed by atoms with Crippen molar-refractivity contribution in [1.29, 1.82) is 0 Å². The Balaban J connectivity index is 1.50. The summed E-state index contributed by atoms with van der Waals surface area (Å²) in [6, 6.07) is 35.1. The van der Waals surface area contributed by atoms with Gasteiger partial charge in [-0.05, 0) is 56.4 Å². The number of methoxy groups -OCH3 is 2. The first-order valence-electron chi connectivity index (χ1n) is 14.0. The molecule has 0 amide bonds. The van der Waals surface area contributed by atoms with Crippen molar-refractivity contribution >= 4 is 46.5 Å². The average molecular weight is 552 g/mol. The van der Waals surface area contributed by atoms with Gasteiger partial charge < -0.3 is 19.9 Å². The highest BCUT2D eigenvalue weighted by molar-refractivity contribution is 6.81. The SMILES string of the molecule is COC(=O)C1(C(=O)OC)Cc2c(-c3ccccc3)cc(B3Nc4cccc5cccc(c45)N3)c(-c3ccccc3)c2C1. The maximum atomic E-state index is 13.4. The second-order valence-electron chi connectivity index (χ2n) is 10.9. The van der Waals surface area contributed by atoms with Crippen LogP contribution in [0.2, 0.25) is 0 Å². The fourth-order valence-corrected chi connectivity index (χ4v) is 6.76. The first-order chi connectivity index (χ1) is 20.5. The maximum Gasteiger partial charge on any atom is 0.406 e. The molecule has 1 heterocycles. The summed E-state index contributed by atoms with van der Waals surface area (Å²) in [5.41, 5.74) is 7.56. The zero-order valence-electron chi connectivity index (χ0n) is 23.4. The van der Waals surface area contributed by atoms with Crippen LogP contribution in [0.3, 0.4) is 0 Å². The normalized spacial score (nSPS) is 14.5. The van der Waals surface area contributed by atoms with Crippen molar-refractivity contribution in [1.82, 2.24) is 0 Å². The molecule has 0 saturated heterocycles. The van der Waals surface area contributed by atoms with Gasteiger partial charge in [-0.25, -0.2) is 0 Å². The molecule has 0 unspecified atom stereocenters. The zero-order valence-corrected chi connectivity index (χ0v) is 23.4. The lowest BCUT2D eigenvalue weighted by Gasteiger charge is -2.30. The third-order valence-electron chi connectivity index (χ3n) is 8.65. The van der Waals surface area contributed by atoms with Gasteiger partial charge in [-0.15, -0.1) is 0 Å². The standard InChI is InChI=1S/C35H29BN2O4/c1-41-33(39)35(34(40)42-2)20-26-25(22-11-5-3-6-12-22)19-28(31(27(26)21-35)23-13-7-4-8-14-23)36-37-29-17-9-15-24-16-10-18-30(38-36)32(24)29/h3-19,37-38H,20-21H2,1-2H3. The molecule has 0 radical (unpaired) electrons. The van der Waals surface area contributed by atoms with E-state index in [9.17, 15) is 9.59 Å². The highest BCUT2D eigenvalue weighted by atomic mass is 16.5. The molecular formula is C35H29BN2O4. The average Bonchev–Trinajstić information content (AvgIpc) is 3.46. The highest BCUT2D eigenvalue weighted by Gasteiger charge is 2.54. The number of ether oxygens (including phenoxy) is 2. The van der Waals surface area contributed by atoms with Gasteiger partial charge in [0.05, 0.1) is 14.2 Å². The molecular weight excluding hydrogens is 523 g/mol. The number of anilines is 2. The van der Waals surface area contributed by atoms with Crippen LogP contribution in [0.25, 0.3) is 33.0 Å². The second-order valence-corrected chi connectivity index (χ2v) is 10.9. The van der Waals surface area contributed by atoms with E-state index in [1.165, 1.54) is 14.2 Å². The number of nitrogens with one attached hydrogen (secondary N) is 2. The predicted molar refractivity (Wildman–Crippen MR) is 168 cm³/mol. The Morgan fingerprint density at radius 2 is 1.24 bits per heavy atom. The van der Waals surface area contributed by atoms with Gasteiger partial charge in [-0.2, -0.15) is 0 Å². The molecule has 7 heteroatoms. The fourth-order valence-electron chi connectivity index (χ4n) is 6.76. The number of carbonyl (C=O) groups is 2. The molecule has 1 aliphatic heterocycles. The Morgan fingerprint density at radius 1 is 0.690 bits per heavy atom. The topological polar surface area (TPSA) is 76.7 Å². The molecule has 0 fully saturated rings. The first kappa shape index (κ1) is 25.9. The van der Waals surface area contributed by atoms with Crippen LogP contribution < -0.4 is 15.9 Å².